The lowest BCUT2D eigenvalue weighted by atomic mass is 10.2. The molecule has 3 heterocycles. The molecule has 0 spiro atoms. The number of halogens is 1. The fourth-order valence-electron chi connectivity index (χ4n) is 2.30. The van der Waals surface area contributed by atoms with Crippen LogP contribution in [0.1, 0.15) is 23.9 Å². The molecule has 3 rings (SSSR count). The monoisotopic (exact) mass is 275 g/mol. The zero-order valence-corrected chi connectivity index (χ0v) is 11.8. The molecule has 0 aliphatic carbocycles. The van der Waals surface area contributed by atoms with Crippen LogP contribution in [0.5, 0.6) is 0 Å². The molecule has 0 saturated carbocycles. The molecule has 0 unspecified atom stereocenters. The minimum absolute atomic E-state index is 0.636. The van der Waals surface area contributed by atoms with E-state index in [2.05, 4.69) is 17.0 Å². The second kappa shape index (κ2) is 4.38. The summed E-state index contributed by atoms with van der Waals surface area (Å²) in [6, 6.07) is 3.83. The van der Waals surface area contributed by atoms with E-state index in [1.807, 2.05) is 26.0 Å². The van der Waals surface area contributed by atoms with E-state index in [1.54, 1.807) is 10.8 Å². The lowest BCUT2D eigenvalue weighted by Gasteiger charge is -2.06. The Morgan fingerprint density at radius 2 is 2.16 bits per heavy atom. The number of furan rings is 1. The molecular weight excluding hydrogens is 262 g/mol. The van der Waals surface area contributed by atoms with Crippen molar-refractivity contribution in [3.05, 3.63) is 40.6 Å². The molecule has 19 heavy (non-hydrogen) atoms. The largest absolute Gasteiger partial charge is 0.469 e. The predicted molar refractivity (Wildman–Crippen MR) is 74.6 cm³/mol. The third-order valence-corrected chi connectivity index (χ3v) is 3.72. The van der Waals surface area contributed by atoms with Gasteiger partial charge in [-0.1, -0.05) is 18.5 Å². The van der Waals surface area contributed by atoms with Crippen molar-refractivity contribution in [2.24, 2.45) is 0 Å². The van der Waals surface area contributed by atoms with Crippen LogP contribution in [-0.2, 0) is 6.42 Å². The summed E-state index contributed by atoms with van der Waals surface area (Å²) >= 11 is 6.40. The smallest absolute Gasteiger partial charge is 0.157 e. The lowest BCUT2D eigenvalue weighted by molar-refractivity contribution is 0.535. The quantitative estimate of drug-likeness (QED) is 0.668. The van der Waals surface area contributed by atoms with E-state index in [4.69, 9.17) is 16.0 Å². The maximum atomic E-state index is 6.40. The molecule has 0 N–H and O–H groups in total. The normalized spacial score (nSPS) is 11.4. The minimum atomic E-state index is 0.636. The van der Waals surface area contributed by atoms with Gasteiger partial charge in [-0.05, 0) is 26.3 Å². The number of aryl methyl sites for hydroxylation is 2. The van der Waals surface area contributed by atoms with Crippen molar-refractivity contribution in [1.82, 2.24) is 14.6 Å². The second-order valence-corrected chi connectivity index (χ2v) is 4.87. The van der Waals surface area contributed by atoms with E-state index in [9.17, 15) is 0 Å². The van der Waals surface area contributed by atoms with Crippen LogP contribution in [0.2, 0.25) is 5.15 Å². The summed E-state index contributed by atoms with van der Waals surface area (Å²) in [5, 5.41) is 5.16. The first-order valence-electron chi connectivity index (χ1n) is 6.21. The van der Waals surface area contributed by atoms with Gasteiger partial charge in [-0.2, -0.15) is 5.10 Å². The number of rotatable bonds is 2. The average Bonchev–Trinajstić information content (AvgIpc) is 2.95. The fraction of sp³-hybridized carbons (Fsp3) is 0.286. The average molecular weight is 276 g/mol. The summed E-state index contributed by atoms with van der Waals surface area (Å²) in [7, 11) is 0. The molecule has 0 radical (unpaired) electrons. The van der Waals surface area contributed by atoms with Crippen molar-refractivity contribution in [3.63, 3.8) is 0 Å². The van der Waals surface area contributed by atoms with Crippen LogP contribution >= 0.6 is 11.6 Å². The van der Waals surface area contributed by atoms with Crippen molar-refractivity contribution in [3.8, 4) is 11.3 Å². The van der Waals surface area contributed by atoms with Crippen molar-refractivity contribution in [2.75, 3.05) is 0 Å². The molecule has 5 heteroatoms. The molecule has 0 bridgehead atoms. The lowest BCUT2D eigenvalue weighted by Crippen LogP contribution is -2.01. The third kappa shape index (κ3) is 1.83. The number of aromatic nitrogens is 3. The van der Waals surface area contributed by atoms with Crippen molar-refractivity contribution >= 4 is 17.2 Å². The Balaban J connectivity index is 2.27. The minimum Gasteiger partial charge on any atom is -0.469 e. The number of hydrogen-bond acceptors (Lipinski definition) is 3. The van der Waals surface area contributed by atoms with Gasteiger partial charge >= 0.3 is 0 Å². The highest BCUT2D eigenvalue weighted by molar-refractivity contribution is 6.30. The molecule has 3 aromatic heterocycles. The van der Waals surface area contributed by atoms with Crippen LogP contribution in [0.15, 0.2) is 22.8 Å². The molecule has 4 nitrogen and oxygen atoms in total. The first-order valence-corrected chi connectivity index (χ1v) is 6.58. The van der Waals surface area contributed by atoms with Gasteiger partial charge in [-0.25, -0.2) is 9.50 Å². The summed E-state index contributed by atoms with van der Waals surface area (Å²) in [6.45, 7) is 5.95. The zero-order chi connectivity index (χ0) is 13.6. The predicted octanol–water partition coefficient (Wildman–Crippen LogP) is 3.82. The van der Waals surface area contributed by atoms with Crippen molar-refractivity contribution in [1.29, 1.82) is 0 Å². The van der Waals surface area contributed by atoms with E-state index in [0.717, 1.165) is 40.3 Å². The molecule has 0 aromatic carbocycles. The van der Waals surface area contributed by atoms with Gasteiger partial charge in [-0.15, -0.1) is 0 Å². The molecule has 98 valence electrons. The van der Waals surface area contributed by atoms with Gasteiger partial charge in [0.15, 0.2) is 5.65 Å². The highest BCUT2D eigenvalue weighted by Crippen LogP contribution is 2.27. The molecule has 0 amide bonds. The van der Waals surface area contributed by atoms with Gasteiger partial charge in [-0.3, -0.25) is 0 Å². The maximum absolute atomic E-state index is 6.40. The number of nitrogens with zero attached hydrogens (tertiary/aromatic N) is 3. The third-order valence-electron chi connectivity index (χ3n) is 3.33. The Kier molecular flexibility index (Phi) is 2.82. The zero-order valence-electron chi connectivity index (χ0n) is 11.1. The fourth-order valence-corrected chi connectivity index (χ4v) is 2.69. The van der Waals surface area contributed by atoms with Crippen LogP contribution in [0.4, 0.5) is 0 Å². The van der Waals surface area contributed by atoms with Crippen LogP contribution in [0.3, 0.4) is 0 Å². The molecule has 0 fully saturated rings. The molecule has 0 aliphatic rings. The first kappa shape index (κ1) is 12.2. The Bertz CT molecular complexity index is 757. The van der Waals surface area contributed by atoms with Gasteiger partial charge in [0.1, 0.15) is 10.9 Å². The number of fused-ring (bicyclic) bond motifs is 1. The van der Waals surface area contributed by atoms with Crippen molar-refractivity contribution < 1.29 is 4.42 Å². The van der Waals surface area contributed by atoms with Gasteiger partial charge in [0.2, 0.25) is 0 Å². The summed E-state index contributed by atoms with van der Waals surface area (Å²) < 4.78 is 7.00. The van der Waals surface area contributed by atoms with Crippen molar-refractivity contribution in [2.45, 2.75) is 27.2 Å². The van der Waals surface area contributed by atoms with E-state index in [-0.39, 0.29) is 0 Å². The Hall–Kier alpha value is -1.81. The SMILES string of the molecule is CCc1c(C)nc2cc(-c3ccoc3C)nn2c1Cl. The van der Waals surface area contributed by atoms with Crippen LogP contribution < -0.4 is 0 Å². The van der Waals surface area contributed by atoms with Crippen LogP contribution in [-0.4, -0.2) is 14.6 Å². The highest BCUT2D eigenvalue weighted by atomic mass is 35.5. The summed E-state index contributed by atoms with van der Waals surface area (Å²) in [6.07, 6.45) is 2.50. The summed E-state index contributed by atoms with van der Waals surface area (Å²) in [5.74, 6) is 0.840. The number of hydrogen-bond donors (Lipinski definition) is 0. The van der Waals surface area contributed by atoms with E-state index >= 15 is 0 Å². The van der Waals surface area contributed by atoms with Gasteiger partial charge in [0.25, 0.3) is 0 Å². The van der Waals surface area contributed by atoms with Gasteiger partial charge in [0, 0.05) is 22.9 Å². The molecular formula is C14H14ClN3O. The van der Waals surface area contributed by atoms with E-state index in [1.165, 1.54) is 0 Å². The van der Waals surface area contributed by atoms with Gasteiger partial charge in [0.05, 0.1) is 12.0 Å². The molecule has 0 saturated heterocycles. The van der Waals surface area contributed by atoms with Crippen LogP contribution in [0, 0.1) is 13.8 Å². The molecule has 0 aliphatic heterocycles. The van der Waals surface area contributed by atoms with E-state index in [0.29, 0.717) is 5.15 Å². The summed E-state index contributed by atoms with van der Waals surface area (Å²) in [5.41, 5.74) is 4.55. The highest BCUT2D eigenvalue weighted by Gasteiger charge is 2.15. The second-order valence-electron chi connectivity index (χ2n) is 4.51. The standard InChI is InChI=1S/C14H14ClN3O/c1-4-10-8(2)16-13-7-12(17-18(13)14(10)15)11-5-6-19-9(11)3/h5-7H,4H2,1-3H3. The van der Waals surface area contributed by atoms with Crippen LogP contribution in [0.25, 0.3) is 16.9 Å². The topological polar surface area (TPSA) is 43.3 Å². The Morgan fingerprint density at radius 3 is 2.79 bits per heavy atom. The first-order chi connectivity index (χ1) is 9.11. The maximum Gasteiger partial charge on any atom is 0.157 e. The van der Waals surface area contributed by atoms with E-state index < -0.39 is 0 Å². The summed E-state index contributed by atoms with van der Waals surface area (Å²) in [4.78, 5) is 4.55. The van der Waals surface area contributed by atoms with Gasteiger partial charge < -0.3 is 4.42 Å². The molecule has 3 aromatic rings. The Morgan fingerprint density at radius 1 is 1.37 bits per heavy atom. The Labute approximate surface area is 116 Å². The molecule has 0 atom stereocenters.